The molecule has 1 aliphatic heterocycles. The maximum Gasteiger partial charge on any atom is 0.209 e. The SMILES string of the molecule is O=CN1CCN(CC2=CCCC=C2)C(CO)C1. The average molecular weight is 236 g/mol. The highest BCUT2D eigenvalue weighted by molar-refractivity contribution is 5.47. The molecule has 1 amide bonds. The topological polar surface area (TPSA) is 43.8 Å². The quantitative estimate of drug-likeness (QED) is 0.718. The van der Waals surface area contributed by atoms with Crippen molar-refractivity contribution in [2.45, 2.75) is 18.9 Å². The summed E-state index contributed by atoms with van der Waals surface area (Å²) in [5.74, 6) is 0. The Morgan fingerprint density at radius 3 is 2.94 bits per heavy atom. The average Bonchev–Trinajstić information content (AvgIpc) is 2.40. The van der Waals surface area contributed by atoms with Gasteiger partial charge in [0.2, 0.25) is 6.41 Å². The number of aliphatic hydroxyl groups excluding tert-OH is 1. The second-order valence-corrected chi connectivity index (χ2v) is 4.67. The van der Waals surface area contributed by atoms with Crippen molar-refractivity contribution in [1.82, 2.24) is 9.80 Å². The number of hydrogen-bond acceptors (Lipinski definition) is 3. The van der Waals surface area contributed by atoms with E-state index in [1.807, 2.05) is 0 Å². The lowest BCUT2D eigenvalue weighted by Crippen LogP contribution is -2.54. The van der Waals surface area contributed by atoms with Gasteiger partial charge in [-0.05, 0) is 18.4 Å². The zero-order valence-electron chi connectivity index (χ0n) is 10.1. The van der Waals surface area contributed by atoms with Crippen molar-refractivity contribution in [2.24, 2.45) is 0 Å². The number of piperazine rings is 1. The van der Waals surface area contributed by atoms with Crippen molar-refractivity contribution < 1.29 is 9.90 Å². The Kier molecular flexibility index (Phi) is 4.34. The van der Waals surface area contributed by atoms with Gasteiger partial charge in [-0.2, -0.15) is 0 Å². The van der Waals surface area contributed by atoms with E-state index in [9.17, 15) is 9.90 Å². The van der Waals surface area contributed by atoms with Crippen molar-refractivity contribution in [1.29, 1.82) is 0 Å². The van der Waals surface area contributed by atoms with E-state index in [1.54, 1.807) is 4.90 Å². The molecule has 0 aromatic heterocycles. The molecule has 1 atom stereocenters. The van der Waals surface area contributed by atoms with E-state index in [1.165, 1.54) is 5.57 Å². The molecule has 0 spiro atoms. The van der Waals surface area contributed by atoms with Crippen LogP contribution in [0.15, 0.2) is 23.8 Å². The molecule has 0 saturated carbocycles. The van der Waals surface area contributed by atoms with Gasteiger partial charge in [0, 0.05) is 26.2 Å². The third-order valence-electron chi connectivity index (χ3n) is 3.45. The first-order valence-corrected chi connectivity index (χ1v) is 6.23. The lowest BCUT2D eigenvalue weighted by Gasteiger charge is -2.39. The molecule has 0 radical (unpaired) electrons. The molecule has 0 aromatic carbocycles. The van der Waals surface area contributed by atoms with E-state index < -0.39 is 0 Å². The molecule has 1 heterocycles. The second kappa shape index (κ2) is 5.98. The Morgan fingerprint density at radius 2 is 2.29 bits per heavy atom. The van der Waals surface area contributed by atoms with Crippen LogP contribution in [-0.4, -0.2) is 60.1 Å². The largest absolute Gasteiger partial charge is 0.395 e. The molecule has 17 heavy (non-hydrogen) atoms. The maximum atomic E-state index is 10.7. The summed E-state index contributed by atoms with van der Waals surface area (Å²) >= 11 is 0. The number of hydrogen-bond donors (Lipinski definition) is 1. The van der Waals surface area contributed by atoms with Gasteiger partial charge in [0.05, 0.1) is 12.6 Å². The first kappa shape index (κ1) is 12.3. The van der Waals surface area contributed by atoms with Crippen LogP contribution in [0.3, 0.4) is 0 Å². The van der Waals surface area contributed by atoms with Crippen molar-refractivity contribution >= 4 is 6.41 Å². The summed E-state index contributed by atoms with van der Waals surface area (Å²) in [5, 5.41) is 9.38. The number of carbonyl (C=O) groups is 1. The molecule has 0 aromatic rings. The number of carbonyl (C=O) groups excluding carboxylic acids is 1. The summed E-state index contributed by atoms with van der Waals surface area (Å²) in [7, 11) is 0. The van der Waals surface area contributed by atoms with Gasteiger partial charge in [0.15, 0.2) is 0 Å². The Balaban J connectivity index is 1.93. The molecule has 4 nitrogen and oxygen atoms in total. The molecule has 4 heteroatoms. The monoisotopic (exact) mass is 236 g/mol. The predicted molar refractivity (Wildman–Crippen MR) is 66.5 cm³/mol. The van der Waals surface area contributed by atoms with Crippen LogP contribution < -0.4 is 0 Å². The molecule has 1 unspecified atom stereocenters. The Bertz CT molecular complexity index is 325. The Labute approximate surface area is 102 Å². The molecule has 1 fully saturated rings. The maximum absolute atomic E-state index is 10.7. The molecular formula is C13H20N2O2. The van der Waals surface area contributed by atoms with E-state index in [4.69, 9.17) is 0 Å². The molecule has 2 rings (SSSR count). The van der Waals surface area contributed by atoms with E-state index in [0.717, 1.165) is 38.9 Å². The highest BCUT2D eigenvalue weighted by Gasteiger charge is 2.25. The van der Waals surface area contributed by atoms with Gasteiger partial charge in [-0.1, -0.05) is 18.2 Å². The van der Waals surface area contributed by atoms with Crippen LogP contribution in [0.4, 0.5) is 0 Å². The van der Waals surface area contributed by atoms with Gasteiger partial charge < -0.3 is 10.0 Å². The minimum atomic E-state index is 0.0742. The fourth-order valence-corrected chi connectivity index (χ4v) is 2.41. The van der Waals surface area contributed by atoms with Crippen LogP contribution >= 0.6 is 0 Å². The van der Waals surface area contributed by atoms with Crippen LogP contribution in [0.1, 0.15) is 12.8 Å². The summed E-state index contributed by atoms with van der Waals surface area (Å²) in [6.45, 7) is 3.24. The van der Waals surface area contributed by atoms with Gasteiger partial charge in [0.1, 0.15) is 0 Å². The highest BCUT2D eigenvalue weighted by Crippen LogP contribution is 2.15. The fraction of sp³-hybridized carbons (Fsp3) is 0.615. The van der Waals surface area contributed by atoms with E-state index >= 15 is 0 Å². The number of rotatable bonds is 4. The van der Waals surface area contributed by atoms with Crippen LogP contribution in [0, 0.1) is 0 Å². The first-order valence-electron chi connectivity index (χ1n) is 6.23. The third-order valence-corrected chi connectivity index (χ3v) is 3.45. The zero-order chi connectivity index (χ0) is 12.1. The molecule has 1 aliphatic carbocycles. The second-order valence-electron chi connectivity index (χ2n) is 4.67. The molecule has 1 N–H and O–H groups in total. The number of amides is 1. The fourth-order valence-electron chi connectivity index (χ4n) is 2.41. The van der Waals surface area contributed by atoms with Crippen molar-refractivity contribution in [2.75, 3.05) is 32.8 Å². The normalized spacial score (nSPS) is 25.8. The zero-order valence-corrected chi connectivity index (χ0v) is 10.1. The first-order chi connectivity index (χ1) is 8.33. The van der Waals surface area contributed by atoms with E-state index in [0.29, 0.717) is 6.54 Å². The Hall–Kier alpha value is -1.13. The van der Waals surface area contributed by atoms with Gasteiger partial charge in [0.25, 0.3) is 0 Å². The van der Waals surface area contributed by atoms with Gasteiger partial charge >= 0.3 is 0 Å². The van der Waals surface area contributed by atoms with E-state index in [2.05, 4.69) is 23.1 Å². The van der Waals surface area contributed by atoms with Gasteiger partial charge in [-0.3, -0.25) is 9.69 Å². The van der Waals surface area contributed by atoms with Crippen LogP contribution in [-0.2, 0) is 4.79 Å². The lowest BCUT2D eigenvalue weighted by molar-refractivity contribution is -0.121. The summed E-state index contributed by atoms with van der Waals surface area (Å²) in [6, 6.07) is 0.0742. The smallest absolute Gasteiger partial charge is 0.209 e. The van der Waals surface area contributed by atoms with Crippen molar-refractivity contribution in [3.63, 3.8) is 0 Å². The predicted octanol–water partition coefficient (Wildman–Crippen LogP) is 0.398. The van der Waals surface area contributed by atoms with Crippen LogP contribution in [0.2, 0.25) is 0 Å². The summed E-state index contributed by atoms with van der Waals surface area (Å²) in [6.07, 6.45) is 9.76. The number of aliphatic hydroxyl groups is 1. The minimum absolute atomic E-state index is 0.0742. The summed E-state index contributed by atoms with van der Waals surface area (Å²) in [5.41, 5.74) is 1.33. The van der Waals surface area contributed by atoms with Gasteiger partial charge in [-0.25, -0.2) is 0 Å². The van der Waals surface area contributed by atoms with Crippen molar-refractivity contribution in [3.05, 3.63) is 23.8 Å². The molecule has 94 valence electrons. The highest BCUT2D eigenvalue weighted by atomic mass is 16.3. The van der Waals surface area contributed by atoms with Gasteiger partial charge in [-0.15, -0.1) is 0 Å². The van der Waals surface area contributed by atoms with Crippen LogP contribution in [0.5, 0.6) is 0 Å². The molecular weight excluding hydrogens is 216 g/mol. The molecule has 2 aliphatic rings. The van der Waals surface area contributed by atoms with Crippen LogP contribution in [0.25, 0.3) is 0 Å². The number of allylic oxidation sites excluding steroid dienone is 2. The molecule has 1 saturated heterocycles. The third kappa shape index (κ3) is 3.17. The summed E-state index contributed by atoms with van der Waals surface area (Å²) in [4.78, 5) is 14.7. The lowest BCUT2D eigenvalue weighted by atomic mass is 10.1. The Morgan fingerprint density at radius 1 is 1.41 bits per heavy atom. The standard InChI is InChI=1S/C13H20N2O2/c16-10-13-9-14(11-17)6-7-15(13)8-12-4-2-1-3-5-12/h2,4-5,11,13,16H,1,3,6-10H2. The molecule has 0 bridgehead atoms. The van der Waals surface area contributed by atoms with E-state index in [-0.39, 0.29) is 12.6 Å². The van der Waals surface area contributed by atoms with Crippen molar-refractivity contribution in [3.8, 4) is 0 Å². The summed E-state index contributed by atoms with van der Waals surface area (Å²) < 4.78 is 0. The minimum Gasteiger partial charge on any atom is -0.395 e. The number of nitrogens with zero attached hydrogens (tertiary/aromatic N) is 2.